The van der Waals surface area contributed by atoms with Crippen LogP contribution >= 0.6 is 0 Å². The summed E-state index contributed by atoms with van der Waals surface area (Å²) in [6.45, 7) is 10.9. The molecule has 0 bridgehead atoms. The van der Waals surface area contributed by atoms with Gasteiger partial charge in [0.15, 0.2) is 0 Å². The summed E-state index contributed by atoms with van der Waals surface area (Å²) in [4.78, 5) is 2.42. The molecule has 20 heavy (non-hydrogen) atoms. The molecule has 0 saturated carbocycles. The monoisotopic (exact) mass is 270 g/mol. The van der Waals surface area contributed by atoms with Crippen molar-refractivity contribution < 1.29 is 0 Å². The number of benzene rings is 2. The van der Waals surface area contributed by atoms with E-state index in [-0.39, 0.29) is 11.6 Å². The molecule has 108 valence electrons. The van der Waals surface area contributed by atoms with Crippen LogP contribution in [0.5, 0.6) is 0 Å². The number of hydrogen-bond donors (Lipinski definition) is 1. The van der Waals surface area contributed by atoms with Crippen LogP contribution in [-0.2, 0) is 0 Å². The first-order chi connectivity index (χ1) is 9.50. The van der Waals surface area contributed by atoms with E-state index in [0.717, 1.165) is 13.1 Å². The smallest absolute Gasteiger partial charge is 0.0476 e. The van der Waals surface area contributed by atoms with E-state index in [1.165, 1.54) is 16.3 Å². The summed E-state index contributed by atoms with van der Waals surface area (Å²) in [7, 11) is 0. The van der Waals surface area contributed by atoms with Gasteiger partial charge < -0.3 is 5.73 Å². The van der Waals surface area contributed by atoms with Crippen LogP contribution in [0.3, 0.4) is 0 Å². The third kappa shape index (κ3) is 2.72. The molecule has 2 rings (SSSR count). The lowest BCUT2D eigenvalue weighted by molar-refractivity contribution is 0.107. The van der Waals surface area contributed by atoms with E-state index in [4.69, 9.17) is 5.73 Å². The van der Waals surface area contributed by atoms with Gasteiger partial charge in [0.05, 0.1) is 0 Å². The highest BCUT2D eigenvalue weighted by Crippen LogP contribution is 2.30. The second kappa shape index (κ2) is 5.94. The highest BCUT2D eigenvalue weighted by molar-refractivity contribution is 5.83. The maximum Gasteiger partial charge on any atom is 0.0476 e. The average molecular weight is 270 g/mol. The van der Waals surface area contributed by atoms with E-state index in [1.54, 1.807) is 0 Å². The topological polar surface area (TPSA) is 29.3 Å². The van der Waals surface area contributed by atoms with Gasteiger partial charge >= 0.3 is 0 Å². The Kier molecular flexibility index (Phi) is 4.46. The molecule has 2 nitrogen and oxygen atoms in total. The molecule has 0 saturated heterocycles. The zero-order valence-corrected chi connectivity index (χ0v) is 13.1. The number of likely N-dealkylation sites (N-methyl/N-ethyl adjacent to an activating group) is 1. The van der Waals surface area contributed by atoms with Crippen LogP contribution < -0.4 is 5.73 Å². The van der Waals surface area contributed by atoms with E-state index in [2.05, 4.69) is 75.1 Å². The predicted molar refractivity (Wildman–Crippen MR) is 87.9 cm³/mol. The van der Waals surface area contributed by atoms with E-state index in [1.807, 2.05) is 0 Å². The lowest BCUT2D eigenvalue weighted by Gasteiger charge is -2.42. The third-order valence-electron chi connectivity index (χ3n) is 4.47. The largest absolute Gasteiger partial charge is 0.322 e. The van der Waals surface area contributed by atoms with Gasteiger partial charge in [0.25, 0.3) is 0 Å². The predicted octanol–water partition coefficient (Wildman–Crippen LogP) is 3.96. The fourth-order valence-electron chi connectivity index (χ4n) is 3.04. The third-order valence-corrected chi connectivity index (χ3v) is 4.47. The first-order valence-corrected chi connectivity index (χ1v) is 7.50. The van der Waals surface area contributed by atoms with Crippen molar-refractivity contribution in [2.45, 2.75) is 39.3 Å². The SMILES string of the molecule is CCN(CC)C(C)(C)C(N)c1ccc2ccccc2c1. The van der Waals surface area contributed by atoms with E-state index in [0.29, 0.717) is 0 Å². The van der Waals surface area contributed by atoms with Gasteiger partial charge in [-0.25, -0.2) is 0 Å². The summed E-state index contributed by atoms with van der Waals surface area (Å²) in [6.07, 6.45) is 0. The average Bonchev–Trinajstić information content (AvgIpc) is 2.47. The van der Waals surface area contributed by atoms with Crippen LogP contribution in [0, 0.1) is 0 Å². The molecule has 0 fully saturated rings. The maximum absolute atomic E-state index is 6.57. The van der Waals surface area contributed by atoms with Crippen molar-refractivity contribution in [1.82, 2.24) is 4.90 Å². The number of nitrogens with zero attached hydrogens (tertiary/aromatic N) is 1. The molecule has 1 atom stereocenters. The summed E-state index contributed by atoms with van der Waals surface area (Å²) in [6, 6.07) is 15.0. The van der Waals surface area contributed by atoms with Gasteiger partial charge in [0.2, 0.25) is 0 Å². The second-order valence-electron chi connectivity index (χ2n) is 5.91. The van der Waals surface area contributed by atoms with Gasteiger partial charge in [-0.2, -0.15) is 0 Å². The van der Waals surface area contributed by atoms with Crippen LogP contribution in [0.2, 0.25) is 0 Å². The minimum absolute atomic E-state index is 0.00649. The van der Waals surface area contributed by atoms with Crippen molar-refractivity contribution in [3.05, 3.63) is 48.0 Å². The van der Waals surface area contributed by atoms with E-state index < -0.39 is 0 Å². The van der Waals surface area contributed by atoms with Gasteiger partial charge in [0, 0.05) is 11.6 Å². The number of nitrogens with two attached hydrogens (primary N) is 1. The Labute approximate surface area is 122 Å². The summed E-state index contributed by atoms with van der Waals surface area (Å²) in [5.74, 6) is 0. The fourth-order valence-corrected chi connectivity index (χ4v) is 3.04. The van der Waals surface area contributed by atoms with Gasteiger partial charge in [-0.05, 0) is 49.3 Å². The number of fused-ring (bicyclic) bond motifs is 1. The lowest BCUT2D eigenvalue weighted by Crippen LogP contribution is -2.51. The van der Waals surface area contributed by atoms with Crippen LogP contribution in [0.25, 0.3) is 10.8 Å². The van der Waals surface area contributed by atoms with E-state index in [9.17, 15) is 0 Å². The quantitative estimate of drug-likeness (QED) is 0.891. The Hall–Kier alpha value is -1.38. The molecule has 2 aromatic rings. The van der Waals surface area contributed by atoms with Crippen LogP contribution in [-0.4, -0.2) is 23.5 Å². The van der Waals surface area contributed by atoms with Gasteiger partial charge in [-0.1, -0.05) is 50.2 Å². The van der Waals surface area contributed by atoms with Crippen LogP contribution in [0.15, 0.2) is 42.5 Å². The number of rotatable bonds is 5. The van der Waals surface area contributed by atoms with Crippen LogP contribution in [0.1, 0.15) is 39.3 Å². The zero-order valence-electron chi connectivity index (χ0n) is 13.1. The van der Waals surface area contributed by atoms with Crippen molar-refractivity contribution in [2.24, 2.45) is 5.73 Å². The molecule has 0 aliphatic carbocycles. The van der Waals surface area contributed by atoms with Crippen LogP contribution in [0.4, 0.5) is 0 Å². The Morgan fingerprint density at radius 1 is 1.00 bits per heavy atom. The highest BCUT2D eigenvalue weighted by Gasteiger charge is 2.32. The van der Waals surface area contributed by atoms with Crippen molar-refractivity contribution in [3.63, 3.8) is 0 Å². The zero-order chi connectivity index (χ0) is 14.8. The molecule has 1 unspecified atom stereocenters. The van der Waals surface area contributed by atoms with Gasteiger partial charge in [-0.15, -0.1) is 0 Å². The Bertz CT molecular complexity index is 570. The molecule has 0 aliphatic heterocycles. The number of hydrogen-bond acceptors (Lipinski definition) is 2. The van der Waals surface area contributed by atoms with Gasteiger partial charge in [0.1, 0.15) is 0 Å². The Morgan fingerprint density at radius 3 is 2.20 bits per heavy atom. The maximum atomic E-state index is 6.57. The Morgan fingerprint density at radius 2 is 1.60 bits per heavy atom. The van der Waals surface area contributed by atoms with Gasteiger partial charge in [-0.3, -0.25) is 4.90 Å². The molecule has 2 aromatic carbocycles. The molecule has 0 amide bonds. The minimum atomic E-state index is -0.0496. The van der Waals surface area contributed by atoms with Crippen molar-refractivity contribution in [1.29, 1.82) is 0 Å². The standard InChI is InChI=1S/C18H26N2/c1-5-20(6-2)18(3,4)17(19)16-12-11-14-9-7-8-10-15(14)13-16/h7-13,17H,5-6,19H2,1-4H3. The first kappa shape index (κ1) is 15.0. The second-order valence-corrected chi connectivity index (χ2v) is 5.91. The molecular weight excluding hydrogens is 244 g/mol. The minimum Gasteiger partial charge on any atom is -0.322 e. The Balaban J connectivity index is 2.37. The van der Waals surface area contributed by atoms with Crippen molar-refractivity contribution in [3.8, 4) is 0 Å². The molecule has 0 aliphatic rings. The molecular formula is C18H26N2. The molecule has 2 heteroatoms. The molecule has 0 spiro atoms. The molecule has 0 radical (unpaired) electrons. The summed E-state index contributed by atoms with van der Waals surface area (Å²) >= 11 is 0. The molecule has 2 N–H and O–H groups in total. The highest BCUT2D eigenvalue weighted by atomic mass is 15.2. The summed E-state index contributed by atoms with van der Waals surface area (Å²) in [5.41, 5.74) is 7.73. The van der Waals surface area contributed by atoms with Crippen molar-refractivity contribution in [2.75, 3.05) is 13.1 Å². The van der Waals surface area contributed by atoms with Crippen molar-refractivity contribution >= 4 is 10.8 Å². The lowest BCUT2D eigenvalue weighted by atomic mass is 9.86. The normalized spacial score (nSPS) is 13.9. The summed E-state index contributed by atoms with van der Waals surface area (Å²) < 4.78 is 0. The van der Waals surface area contributed by atoms with E-state index >= 15 is 0 Å². The fraction of sp³-hybridized carbons (Fsp3) is 0.444. The first-order valence-electron chi connectivity index (χ1n) is 7.50. The summed E-state index contributed by atoms with van der Waals surface area (Å²) in [5, 5.41) is 2.53. The molecule has 0 heterocycles. The molecule has 0 aromatic heterocycles.